The molecular weight excluding hydrogens is 326 g/mol. The molecule has 116 valence electrons. The summed E-state index contributed by atoms with van der Waals surface area (Å²) in [7, 11) is 2.07. The maximum absolute atomic E-state index is 6.53. The summed E-state index contributed by atoms with van der Waals surface area (Å²) in [5.74, 6) is 1.99. The van der Waals surface area contributed by atoms with Crippen LogP contribution in [0.1, 0.15) is 63.5 Å². The Morgan fingerprint density at radius 3 is 2.76 bits per heavy atom. The molecular formula is C18H26BrNO. The number of hydrogen-bond acceptors (Lipinski definition) is 2. The minimum atomic E-state index is 0.0612. The van der Waals surface area contributed by atoms with Crippen molar-refractivity contribution in [3.8, 4) is 5.75 Å². The highest BCUT2D eigenvalue weighted by Crippen LogP contribution is 2.48. The largest absolute Gasteiger partial charge is 0.487 e. The lowest BCUT2D eigenvalue weighted by molar-refractivity contribution is -0.0149. The molecule has 2 aliphatic rings. The first-order valence-electron chi connectivity index (χ1n) is 8.31. The smallest absolute Gasteiger partial charge is 0.126 e. The van der Waals surface area contributed by atoms with Crippen LogP contribution in [0.3, 0.4) is 0 Å². The summed E-state index contributed by atoms with van der Waals surface area (Å²) >= 11 is 3.57. The minimum Gasteiger partial charge on any atom is -0.487 e. The molecule has 0 aromatic heterocycles. The zero-order chi connectivity index (χ0) is 14.9. The molecule has 1 fully saturated rings. The second kappa shape index (κ2) is 6.29. The average Bonchev–Trinajstić information content (AvgIpc) is 2.49. The molecule has 0 bridgehead atoms. The minimum absolute atomic E-state index is 0.0612. The first-order valence-corrected chi connectivity index (χ1v) is 9.11. The van der Waals surface area contributed by atoms with Gasteiger partial charge in [-0.05, 0) is 50.8 Å². The number of nitrogens with one attached hydrogen (secondary N) is 1. The van der Waals surface area contributed by atoms with Crippen molar-refractivity contribution in [1.82, 2.24) is 5.32 Å². The van der Waals surface area contributed by atoms with Gasteiger partial charge in [-0.15, -0.1) is 0 Å². The summed E-state index contributed by atoms with van der Waals surface area (Å²) in [4.78, 5) is 0. The van der Waals surface area contributed by atoms with Crippen LogP contribution in [-0.4, -0.2) is 12.6 Å². The Labute approximate surface area is 136 Å². The molecule has 1 N–H and O–H groups in total. The van der Waals surface area contributed by atoms with Crippen LogP contribution in [0, 0.1) is 5.92 Å². The van der Waals surface area contributed by atoms with E-state index < -0.39 is 0 Å². The van der Waals surface area contributed by atoms with Crippen molar-refractivity contribution in [2.45, 2.75) is 63.5 Å². The van der Waals surface area contributed by atoms with Gasteiger partial charge in [-0.25, -0.2) is 0 Å². The summed E-state index contributed by atoms with van der Waals surface area (Å²) in [6.45, 7) is 2.30. The molecule has 1 heterocycles. The molecule has 21 heavy (non-hydrogen) atoms. The molecule has 0 radical (unpaired) electrons. The van der Waals surface area contributed by atoms with Crippen molar-refractivity contribution >= 4 is 15.9 Å². The van der Waals surface area contributed by atoms with E-state index in [-0.39, 0.29) is 5.60 Å². The maximum atomic E-state index is 6.53. The zero-order valence-electron chi connectivity index (χ0n) is 13.1. The molecule has 1 aromatic carbocycles. The Balaban J connectivity index is 1.80. The molecule has 0 amide bonds. The van der Waals surface area contributed by atoms with Crippen molar-refractivity contribution in [3.05, 3.63) is 28.2 Å². The second-order valence-electron chi connectivity index (χ2n) is 6.74. The maximum Gasteiger partial charge on any atom is 0.126 e. The van der Waals surface area contributed by atoms with E-state index in [0.717, 1.165) is 22.6 Å². The number of ether oxygens (including phenoxy) is 1. The van der Waals surface area contributed by atoms with E-state index in [1.54, 1.807) is 0 Å². The molecule has 1 aliphatic heterocycles. The Hall–Kier alpha value is -0.540. The van der Waals surface area contributed by atoms with Crippen molar-refractivity contribution in [2.75, 3.05) is 7.05 Å². The Morgan fingerprint density at radius 2 is 2.10 bits per heavy atom. The summed E-state index contributed by atoms with van der Waals surface area (Å²) in [5, 5.41) is 3.49. The third-order valence-electron chi connectivity index (χ3n) is 5.32. The van der Waals surface area contributed by atoms with E-state index in [1.807, 2.05) is 0 Å². The molecule has 0 saturated heterocycles. The third kappa shape index (κ3) is 3.14. The quantitative estimate of drug-likeness (QED) is 0.805. The van der Waals surface area contributed by atoms with Gasteiger partial charge in [0, 0.05) is 22.5 Å². The Kier molecular flexibility index (Phi) is 4.60. The molecule has 1 atom stereocenters. The van der Waals surface area contributed by atoms with Gasteiger partial charge in [0.2, 0.25) is 0 Å². The lowest BCUT2D eigenvalue weighted by atomic mass is 9.72. The molecule has 1 aliphatic carbocycles. The molecule has 1 unspecified atom stereocenters. The summed E-state index contributed by atoms with van der Waals surface area (Å²) in [6, 6.07) is 6.86. The third-order valence-corrected chi connectivity index (χ3v) is 5.81. The topological polar surface area (TPSA) is 21.3 Å². The fraction of sp³-hybridized carbons (Fsp3) is 0.667. The molecule has 1 saturated carbocycles. The summed E-state index contributed by atoms with van der Waals surface area (Å²) in [6.07, 6.45) is 8.88. The van der Waals surface area contributed by atoms with Crippen LogP contribution in [0.15, 0.2) is 22.7 Å². The van der Waals surface area contributed by atoms with Gasteiger partial charge in [-0.2, -0.15) is 0 Å². The fourth-order valence-corrected chi connectivity index (χ4v) is 4.45. The standard InChI is InChI=1S/C18H26BrNO/c1-3-4-13-7-9-18(10-8-13)12-16(20-2)15-6-5-14(19)11-17(15)21-18/h5-6,11,13,16,20H,3-4,7-10,12H2,1-2H3. The number of halogens is 1. The van der Waals surface area contributed by atoms with Gasteiger partial charge in [-0.1, -0.05) is 41.8 Å². The van der Waals surface area contributed by atoms with Crippen LogP contribution in [-0.2, 0) is 0 Å². The van der Waals surface area contributed by atoms with E-state index in [2.05, 4.69) is 53.4 Å². The Morgan fingerprint density at radius 1 is 1.33 bits per heavy atom. The monoisotopic (exact) mass is 351 g/mol. The zero-order valence-corrected chi connectivity index (χ0v) is 14.7. The summed E-state index contributed by atoms with van der Waals surface area (Å²) < 4.78 is 7.63. The van der Waals surface area contributed by atoms with E-state index in [0.29, 0.717) is 6.04 Å². The molecule has 2 nitrogen and oxygen atoms in total. The van der Waals surface area contributed by atoms with Crippen molar-refractivity contribution in [1.29, 1.82) is 0 Å². The molecule has 1 aromatic rings. The number of hydrogen-bond donors (Lipinski definition) is 1. The number of benzene rings is 1. The SMILES string of the molecule is CCCC1CCC2(CC1)CC(NC)c1ccc(Br)cc1O2. The predicted molar refractivity (Wildman–Crippen MR) is 90.8 cm³/mol. The van der Waals surface area contributed by atoms with Crippen LogP contribution in [0.25, 0.3) is 0 Å². The van der Waals surface area contributed by atoms with Gasteiger partial charge in [0.15, 0.2) is 0 Å². The van der Waals surface area contributed by atoms with Gasteiger partial charge < -0.3 is 10.1 Å². The highest BCUT2D eigenvalue weighted by Gasteiger charge is 2.43. The van der Waals surface area contributed by atoms with Crippen LogP contribution in [0.5, 0.6) is 5.75 Å². The van der Waals surface area contributed by atoms with Crippen molar-refractivity contribution in [3.63, 3.8) is 0 Å². The van der Waals surface area contributed by atoms with Gasteiger partial charge in [0.25, 0.3) is 0 Å². The number of fused-ring (bicyclic) bond motifs is 1. The fourth-order valence-electron chi connectivity index (χ4n) is 4.11. The Bertz CT molecular complexity index is 494. The first kappa shape index (κ1) is 15.4. The molecule has 3 rings (SSSR count). The average molecular weight is 352 g/mol. The van der Waals surface area contributed by atoms with Gasteiger partial charge in [0.1, 0.15) is 11.4 Å². The lowest BCUT2D eigenvalue weighted by Gasteiger charge is -2.46. The van der Waals surface area contributed by atoms with Gasteiger partial charge in [-0.3, -0.25) is 0 Å². The first-order chi connectivity index (χ1) is 10.2. The van der Waals surface area contributed by atoms with Gasteiger partial charge in [0.05, 0.1) is 0 Å². The van der Waals surface area contributed by atoms with Crippen molar-refractivity contribution in [2.24, 2.45) is 5.92 Å². The summed E-state index contributed by atoms with van der Waals surface area (Å²) in [5.41, 5.74) is 1.37. The van der Waals surface area contributed by atoms with E-state index in [4.69, 9.17) is 4.74 Å². The predicted octanol–water partition coefficient (Wildman–Crippen LogP) is 5.22. The second-order valence-corrected chi connectivity index (χ2v) is 7.66. The lowest BCUT2D eigenvalue weighted by Crippen LogP contribution is -2.46. The highest BCUT2D eigenvalue weighted by molar-refractivity contribution is 9.10. The van der Waals surface area contributed by atoms with Crippen LogP contribution < -0.4 is 10.1 Å². The normalized spacial score (nSPS) is 31.8. The molecule has 3 heteroatoms. The molecule has 1 spiro atoms. The highest BCUT2D eigenvalue weighted by atomic mass is 79.9. The van der Waals surface area contributed by atoms with Crippen LogP contribution in [0.4, 0.5) is 0 Å². The van der Waals surface area contributed by atoms with E-state index >= 15 is 0 Å². The van der Waals surface area contributed by atoms with Crippen molar-refractivity contribution < 1.29 is 4.74 Å². The number of rotatable bonds is 3. The van der Waals surface area contributed by atoms with E-state index in [9.17, 15) is 0 Å². The van der Waals surface area contributed by atoms with Crippen LogP contribution >= 0.6 is 15.9 Å². The van der Waals surface area contributed by atoms with Crippen LogP contribution in [0.2, 0.25) is 0 Å². The van der Waals surface area contributed by atoms with E-state index in [1.165, 1.54) is 44.1 Å². The van der Waals surface area contributed by atoms with Gasteiger partial charge >= 0.3 is 0 Å².